The van der Waals surface area contributed by atoms with Gasteiger partial charge in [-0.15, -0.1) is 0 Å². The van der Waals surface area contributed by atoms with Crippen molar-refractivity contribution < 1.29 is 18.6 Å². The number of fused-ring (bicyclic) bond motifs is 4. The highest BCUT2D eigenvalue weighted by Crippen LogP contribution is 2.41. The van der Waals surface area contributed by atoms with Gasteiger partial charge in [0.05, 0.1) is 17.1 Å². The zero-order valence-electron chi connectivity index (χ0n) is 15.5. The minimum atomic E-state index is -0.342. The van der Waals surface area contributed by atoms with Gasteiger partial charge in [0.25, 0.3) is 0 Å². The third kappa shape index (κ3) is 2.59. The standard InChI is InChI=1S/C21H18ClNO5/c1-11-12(2)21(24)28-19-14(11)8-16(22)20-15(19)9-23(10-27-20)13-3-4-17-18(7-13)26-6-5-25-17/h3-4,7-8H,5-6,9-10H2,1-2H3. The molecule has 2 aromatic carbocycles. The monoisotopic (exact) mass is 399 g/mol. The first kappa shape index (κ1) is 17.3. The molecule has 0 aliphatic carbocycles. The van der Waals surface area contributed by atoms with E-state index in [0.717, 1.165) is 28.0 Å². The van der Waals surface area contributed by atoms with Gasteiger partial charge in [-0.3, -0.25) is 0 Å². The fraction of sp³-hybridized carbons (Fsp3) is 0.286. The molecule has 28 heavy (non-hydrogen) atoms. The van der Waals surface area contributed by atoms with E-state index >= 15 is 0 Å². The molecule has 2 aliphatic rings. The van der Waals surface area contributed by atoms with Gasteiger partial charge in [0.1, 0.15) is 24.5 Å². The van der Waals surface area contributed by atoms with E-state index in [1.807, 2.05) is 30.0 Å². The van der Waals surface area contributed by atoms with E-state index in [0.29, 0.717) is 54.2 Å². The molecule has 0 N–H and O–H groups in total. The number of benzene rings is 2. The van der Waals surface area contributed by atoms with Crippen LogP contribution in [-0.4, -0.2) is 19.9 Å². The molecule has 0 saturated carbocycles. The molecule has 0 unspecified atom stereocenters. The van der Waals surface area contributed by atoms with Crippen molar-refractivity contribution in [2.45, 2.75) is 20.4 Å². The van der Waals surface area contributed by atoms with E-state index < -0.39 is 0 Å². The fourth-order valence-corrected chi connectivity index (χ4v) is 3.94. The highest BCUT2D eigenvalue weighted by Gasteiger charge is 2.26. The van der Waals surface area contributed by atoms with Gasteiger partial charge < -0.3 is 23.5 Å². The van der Waals surface area contributed by atoms with Crippen LogP contribution in [0.5, 0.6) is 17.2 Å². The largest absolute Gasteiger partial charge is 0.486 e. The predicted octanol–water partition coefficient (Wildman–Crippen LogP) is 4.19. The molecule has 0 fully saturated rings. The van der Waals surface area contributed by atoms with Gasteiger partial charge in [0.15, 0.2) is 18.2 Å². The van der Waals surface area contributed by atoms with Crippen LogP contribution in [0.3, 0.4) is 0 Å². The fourth-order valence-electron chi connectivity index (χ4n) is 3.66. The van der Waals surface area contributed by atoms with E-state index in [1.165, 1.54) is 0 Å². The van der Waals surface area contributed by atoms with Crippen LogP contribution in [0, 0.1) is 13.8 Å². The average molecular weight is 400 g/mol. The number of hydrogen-bond donors (Lipinski definition) is 0. The Labute approximate surface area is 166 Å². The number of ether oxygens (including phenoxy) is 3. The first-order valence-corrected chi connectivity index (χ1v) is 9.43. The molecule has 144 valence electrons. The lowest BCUT2D eigenvalue weighted by Crippen LogP contribution is -2.32. The van der Waals surface area contributed by atoms with Crippen LogP contribution in [0.15, 0.2) is 33.5 Å². The van der Waals surface area contributed by atoms with Crippen LogP contribution >= 0.6 is 11.6 Å². The maximum atomic E-state index is 12.3. The highest BCUT2D eigenvalue weighted by atomic mass is 35.5. The zero-order chi connectivity index (χ0) is 19.4. The summed E-state index contributed by atoms with van der Waals surface area (Å²) in [5.74, 6) is 2.01. The van der Waals surface area contributed by atoms with Crippen LogP contribution in [0.4, 0.5) is 5.69 Å². The number of nitrogens with zero attached hydrogens (tertiary/aromatic N) is 1. The Morgan fingerprint density at radius 2 is 1.79 bits per heavy atom. The van der Waals surface area contributed by atoms with Gasteiger partial charge in [-0.25, -0.2) is 4.79 Å². The average Bonchev–Trinajstić information content (AvgIpc) is 2.72. The third-order valence-corrected chi connectivity index (χ3v) is 5.63. The van der Waals surface area contributed by atoms with Crippen molar-refractivity contribution in [3.8, 4) is 17.2 Å². The van der Waals surface area contributed by atoms with E-state index in [4.69, 9.17) is 30.2 Å². The van der Waals surface area contributed by atoms with Crippen molar-refractivity contribution in [2.24, 2.45) is 0 Å². The number of anilines is 1. The van der Waals surface area contributed by atoms with Gasteiger partial charge in [-0.2, -0.15) is 0 Å². The maximum absolute atomic E-state index is 12.3. The maximum Gasteiger partial charge on any atom is 0.339 e. The molecule has 0 amide bonds. The van der Waals surface area contributed by atoms with Crippen LogP contribution in [0.25, 0.3) is 11.0 Å². The molecule has 0 atom stereocenters. The molecular formula is C21H18ClNO5. The molecule has 1 aromatic heterocycles. The Hall–Kier alpha value is -2.86. The smallest absolute Gasteiger partial charge is 0.339 e. The molecule has 3 aromatic rings. The summed E-state index contributed by atoms with van der Waals surface area (Å²) < 4.78 is 22.9. The Morgan fingerprint density at radius 1 is 1.00 bits per heavy atom. The third-order valence-electron chi connectivity index (χ3n) is 5.35. The van der Waals surface area contributed by atoms with Crippen LogP contribution in [0.2, 0.25) is 5.02 Å². The second kappa shape index (κ2) is 6.34. The molecule has 6 nitrogen and oxygen atoms in total. The predicted molar refractivity (Wildman–Crippen MR) is 106 cm³/mol. The van der Waals surface area contributed by atoms with Gasteiger partial charge >= 0.3 is 5.63 Å². The van der Waals surface area contributed by atoms with Crippen LogP contribution < -0.4 is 24.7 Å². The summed E-state index contributed by atoms with van der Waals surface area (Å²) in [6.07, 6.45) is 0. The number of hydrogen-bond acceptors (Lipinski definition) is 6. The zero-order valence-corrected chi connectivity index (χ0v) is 16.3. The Bertz CT molecular complexity index is 1170. The molecule has 0 saturated heterocycles. The number of halogens is 1. The summed E-state index contributed by atoms with van der Waals surface area (Å²) >= 11 is 6.47. The quantitative estimate of drug-likeness (QED) is 0.572. The SMILES string of the molecule is Cc1c(C)c2cc(Cl)c3c(c2oc1=O)CN(c1ccc2c(c1)OCCO2)CO3. The summed E-state index contributed by atoms with van der Waals surface area (Å²) in [5.41, 5.74) is 3.33. The molecule has 3 heterocycles. The van der Waals surface area contributed by atoms with Crippen molar-refractivity contribution in [1.29, 1.82) is 0 Å². The van der Waals surface area contributed by atoms with Crippen molar-refractivity contribution in [3.05, 3.63) is 56.4 Å². The first-order valence-electron chi connectivity index (χ1n) is 9.05. The molecule has 0 spiro atoms. The molecular weight excluding hydrogens is 382 g/mol. The Morgan fingerprint density at radius 3 is 2.61 bits per heavy atom. The summed E-state index contributed by atoms with van der Waals surface area (Å²) in [6, 6.07) is 7.59. The summed E-state index contributed by atoms with van der Waals surface area (Å²) in [6.45, 7) is 5.56. The minimum absolute atomic E-state index is 0.326. The minimum Gasteiger partial charge on any atom is -0.486 e. The molecule has 0 bridgehead atoms. The first-order chi connectivity index (χ1) is 13.5. The van der Waals surface area contributed by atoms with Crippen molar-refractivity contribution >= 4 is 28.3 Å². The van der Waals surface area contributed by atoms with E-state index in [2.05, 4.69) is 0 Å². The molecule has 7 heteroatoms. The molecule has 0 radical (unpaired) electrons. The van der Waals surface area contributed by atoms with Crippen molar-refractivity contribution in [2.75, 3.05) is 24.8 Å². The Kier molecular flexibility index (Phi) is 3.91. The highest BCUT2D eigenvalue weighted by molar-refractivity contribution is 6.33. The number of aryl methyl sites for hydroxylation is 1. The topological polar surface area (TPSA) is 61.1 Å². The summed E-state index contributed by atoms with van der Waals surface area (Å²) in [7, 11) is 0. The van der Waals surface area contributed by atoms with E-state index in [9.17, 15) is 4.79 Å². The van der Waals surface area contributed by atoms with Crippen molar-refractivity contribution in [1.82, 2.24) is 0 Å². The van der Waals surface area contributed by atoms with Gasteiger partial charge in [0, 0.05) is 22.7 Å². The van der Waals surface area contributed by atoms with E-state index in [1.54, 1.807) is 13.0 Å². The summed E-state index contributed by atoms with van der Waals surface area (Å²) in [5, 5.41) is 1.34. The van der Waals surface area contributed by atoms with Gasteiger partial charge in [-0.1, -0.05) is 11.6 Å². The lowest BCUT2D eigenvalue weighted by molar-refractivity contribution is 0.171. The lowest BCUT2D eigenvalue weighted by Gasteiger charge is -2.32. The lowest BCUT2D eigenvalue weighted by atomic mass is 10.0. The second-order valence-electron chi connectivity index (χ2n) is 6.98. The normalized spacial score (nSPS) is 15.3. The molecule has 2 aliphatic heterocycles. The van der Waals surface area contributed by atoms with Gasteiger partial charge in [-0.05, 0) is 37.6 Å². The molecule has 5 rings (SSSR count). The second-order valence-corrected chi connectivity index (χ2v) is 7.39. The van der Waals surface area contributed by atoms with E-state index in [-0.39, 0.29) is 5.63 Å². The van der Waals surface area contributed by atoms with Crippen LogP contribution in [-0.2, 0) is 6.54 Å². The van der Waals surface area contributed by atoms with Crippen LogP contribution in [0.1, 0.15) is 16.7 Å². The van der Waals surface area contributed by atoms with Crippen molar-refractivity contribution in [3.63, 3.8) is 0 Å². The van der Waals surface area contributed by atoms with Gasteiger partial charge in [0.2, 0.25) is 0 Å². The summed E-state index contributed by atoms with van der Waals surface area (Å²) in [4.78, 5) is 14.3. The number of rotatable bonds is 1. The Balaban J connectivity index is 1.62.